The number of phenols is 1. The zero-order valence-electron chi connectivity index (χ0n) is 9.04. The lowest BCUT2D eigenvalue weighted by atomic mass is 9.88. The standard InChI is InChI=1S/C11H12BrClO3S/c12-10-5-7-3-1-2-4-8(7)9(11(10)14)6-17(13,15)16/h5,14H,1-4,6H2. The number of phenolic OH excluding ortho intramolecular Hbond substituents is 1. The molecule has 1 aliphatic rings. The SMILES string of the molecule is O=S(=O)(Cl)Cc1c(O)c(Br)cc2c1CCCC2. The Morgan fingerprint density at radius 3 is 2.65 bits per heavy atom. The summed E-state index contributed by atoms with van der Waals surface area (Å²) in [4.78, 5) is 0. The van der Waals surface area contributed by atoms with E-state index in [2.05, 4.69) is 15.9 Å². The first-order valence-corrected chi connectivity index (χ1v) is 8.60. The van der Waals surface area contributed by atoms with Crippen molar-refractivity contribution in [3.8, 4) is 5.75 Å². The van der Waals surface area contributed by atoms with Crippen molar-refractivity contribution in [3.05, 3.63) is 27.2 Å². The Bertz CT molecular complexity index is 554. The third-order valence-corrected chi connectivity index (χ3v) is 4.57. The second-order valence-electron chi connectivity index (χ2n) is 4.21. The van der Waals surface area contributed by atoms with Crippen LogP contribution in [0.15, 0.2) is 10.5 Å². The lowest BCUT2D eigenvalue weighted by Crippen LogP contribution is -2.09. The molecule has 94 valence electrons. The van der Waals surface area contributed by atoms with Crippen LogP contribution in [0.2, 0.25) is 0 Å². The van der Waals surface area contributed by atoms with Crippen molar-refractivity contribution in [1.29, 1.82) is 0 Å². The molecule has 2 rings (SSSR count). The van der Waals surface area contributed by atoms with E-state index in [0.717, 1.165) is 36.8 Å². The largest absolute Gasteiger partial charge is 0.506 e. The van der Waals surface area contributed by atoms with Gasteiger partial charge in [-0.15, -0.1) is 0 Å². The highest BCUT2D eigenvalue weighted by molar-refractivity contribution is 9.10. The maximum Gasteiger partial charge on any atom is 0.236 e. The molecule has 0 heterocycles. The predicted octanol–water partition coefficient (Wildman–Crippen LogP) is 3.10. The minimum Gasteiger partial charge on any atom is -0.506 e. The number of rotatable bonds is 2. The zero-order valence-corrected chi connectivity index (χ0v) is 12.2. The van der Waals surface area contributed by atoms with Crippen LogP contribution in [0.1, 0.15) is 29.5 Å². The van der Waals surface area contributed by atoms with Crippen LogP contribution in [0.5, 0.6) is 5.75 Å². The molecule has 0 saturated carbocycles. The summed E-state index contributed by atoms with van der Waals surface area (Å²) in [7, 11) is 1.62. The van der Waals surface area contributed by atoms with Crippen LogP contribution >= 0.6 is 26.6 Å². The topological polar surface area (TPSA) is 54.4 Å². The third-order valence-electron chi connectivity index (χ3n) is 3.00. The Morgan fingerprint density at radius 1 is 1.35 bits per heavy atom. The molecule has 0 radical (unpaired) electrons. The summed E-state index contributed by atoms with van der Waals surface area (Å²) in [5.74, 6) is -0.322. The fraction of sp³-hybridized carbons (Fsp3) is 0.455. The molecular weight excluding hydrogens is 328 g/mol. The van der Waals surface area contributed by atoms with Crippen molar-refractivity contribution in [2.75, 3.05) is 0 Å². The number of benzene rings is 1. The van der Waals surface area contributed by atoms with E-state index in [-0.39, 0.29) is 11.5 Å². The molecule has 0 spiro atoms. The van der Waals surface area contributed by atoms with E-state index >= 15 is 0 Å². The Morgan fingerprint density at radius 2 is 2.00 bits per heavy atom. The minimum absolute atomic E-state index is 0.00475. The summed E-state index contributed by atoms with van der Waals surface area (Å²) >= 11 is 3.24. The highest BCUT2D eigenvalue weighted by Gasteiger charge is 2.22. The lowest BCUT2D eigenvalue weighted by molar-refractivity contribution is 0.463. The molecule has 3 nitrogen and oxygen atoms in total. The summed E-state index contributed by atoms with van der Waals surface area (Å²) in [5.41, 5.74) is 2.50. The first-order valence-electron chi connectivity index (χ1n) is 5.33. The molecule has 1 aliphatic carbocycles. The quantitative estimate of drug-likeness (QED) is 0.842. The maximum absolute atomic E-state index is 11.2. The van der Waals surface area contributed by atoms with E-state index in [1.54, 1.807) is 0 Å². The van der Waals surface area contributed by atoms with Gasteiger partial charge in [-0.2, -0.15) is 0 Å². The Hall–Kier alpha value is -0.260. The van der Waals surface area contributed by atoms with Crippen molar-refractivity contribution in [2.24, 2.45) is 0 Å². The monoisotopic (exact) mass is 338 g/mol. The van der Waals surface area contributed by atoms with Crippen LogP contribution in [0, 0.1) is 0 Å². The molecule has 0 bridgehead atoms. The van der Waals surface area contributed by atoms with Crippen LogP contribution in [0.3, 0.4) is 0 Å². The summed E-state index contributed by atoms with van der Waals surface area (Å²) in [6.07, 6.45) is 3.84. The first-order chi connectivity index (χ1) is 7.88. The highest BCUT2D eigenvalue weighted by Crippen LogP contribution is 2.37. The number of halogens is 2. The van der Waals surface area contributed by atoms with Crippen LogP contribution in [0.4, 0.5) is 0 Å². The summed E-state index contributed by atoms with van der Waals surface area (Å²) < 4.78 is 22.9. The normalized spacial score (nSPS) is 15.6. The van der Waals surface area contributed by atoms with Crippen molar-refractivity contribution in [1.82, 2.24) is 0 Å². The molecule has 0 amide bonds. The van der Waals surface area contributed by atoms with Crippen LogP contribution in [-0.4, -0.2) is 13.5 Å². The van der Waals surface area contributed by atoms with Gasteiger partial charge in [0.1, 0.15) is 5.75 Å². The molecule has 0 aliphatic heterocycles. The smallest absolute Gasteiger partial charge is 0.236 e. The Kier molecular flexibility index (Phi) is 3.71. The Balaban J connectivity index is 2.58. The Labute approximate surface area is 113 Å². The van der Waals surface area contributed by atoms with Gasteiger partial charge in [-0.1, -0.05) is 0 Å². The van der Waals surface area contributed by atoms with Gasteiger partial charge < -0.3 is 5.11 Å². The zero-order chi connectivity index (χ0) is 12.6. The van der Waals surface area contributed by atoms with Gasteiger partial charge in [0.2, 0.25) is 9.05 Å². The fourth-order valence-electron chi connectivity index (χ4n) is 2.27. The minimum atomic E-state index is -3.66. The molecule has 0 saturated heterocycles. The number of aryl methyl sites for hydroxylation is 1. The molecule has 0 atom stereocenters. The average molecular weight is 340 g/mol. The van der Waals surface area contributed by atoms with Crippen molar-refractivity contribution in [2.45, 2.75) is 31.4 Å². The van der Waals surface area contributed by atoms with Gasteiger partial charge in [-0.3, -0.25) is 0 Å². The second-order valence-corrected chi connectivity index (χ2v) is 7.84. The lowest BCUT2D eigenvalue weighted by Gasteiger charge is -2.20. The van der Waals surface area contributed by atoms with E-state index in [4.69, 9.17) is 10.7 Å². The maximum atomic E-state index is 11.2. The second kappa shape index (κ2) is 4.78. The van der Waals surface area contributed by atoms with E-state index in [9.17, 15) is 13.5 Å². The van der Waals surface area contributed by atoms with Crippen LogP contribution in [-0.2, 0) is 27.6 Å². The van der Waals surface area contributed by atoms with Gasteiger partial charge in [0.25, 0.3) is 0 Å². The predicted molar refractivity (Wildman–Crippen MR) is 70.9 cm³/mol. The van der Waals surface area contributed by atoms with Crippen LogP contribution < -0.4 is 0 Å². The van der Waals surface area contributed by atoms with Crippen LogP contribution in [0.25, 0.3) is 0 Å². The van der Waals surface area contributed by atoms with Gasteiger partial charge in [0, 0.05) is 16.2 Å². The molecule has 0 unspecified atom stereocenters. The van der Waals surface area contributed by atoms with Gasteiger partial charge in [0.15, 0.2) is 0 Å². The first kappa shape index (κ1) is 13.2. The summed E-state index contributed by atoms with van der Waals surface area (Å²) in [6.45, 7) is 0. The highest BCUT2D eigenvalue weighted by atomic mass is 79.9. The number of hydrogen-bond acceptors (Lipinski definition) is 3. The number of hydrogen-bond donors (Lipinski definition) is 1. The van der Waals surface area contributed by atoms with E-state index in [0.29, 0.717) is 10.0 Å². The molecular formula is C11H12BrClO3S. The average Bonchev–Trinajstić information content (AvgIpc) is 2.23. The molecule has 6 heteroatoms. The molecule has 0 aromatic heterocycles. The molecule has 1 aromatic rings. The van der Waals surface area contributed by atoms with E-state index in [1.807, 2.05) is 6.07 Å². The molecule has 1 aromatic carbocycles. The number of aromatic hydroxyl groups is 1. The molecule has 17 heavy (non-hydrogen) atoms. The van der Waals surface area contributed by atoms with Gasteiger partial charge in [0.05, 0.1) is 10.2 Å². The third kappa shape index (κ3) is 2.95. The van der Waals surface area contributed by atoms with E-state index in [1.165, 1.54) is 0 Å². The van der Waals surface area contributed by atoms with Crippen molar-refractivity contribution >= 4 is 35.7 Å². The molecule has 1 N–H and O–H groups in total. The van der Waals surface area contributed by atoms with Gasteiger partial charge in [-0.05, 0) is 58.8 Å². The summed E-state index contributed by atoms with van der Waals surface area (Å²) in [5, 5.41) is 9.95. The number of fused-ring (bicyclic) bond motifs is 1. The van der Waals surface area contributed by atoms with E-state index < -0.39 is 9.05 Å². The summed E-state index contributed by atoms with van der Waals surface area (Å²) in [6, 6.07) is 1.87. The molecule has 0 fully saturated rings. The van der Waals surface area contributed by atoms with Crippen molar-refractivity contribution in [3.63, 3.8) is 0 Å². The fourth-order valence-corrected chi connectivity index (χ4v) is 3.77. The van der Waals surface area contributed by atoms with Gasteiger partial charge in [-0.25, -0.2) is 8.42 Å². The van der Waals surface area contributed by atoms with Gasteiger partial charge >= 0.3 is 0 Å². The van der Waals surface area contributed by atoms with Crippen molar-refractivity contribution < 1.29 is 13.5 Å².